The molecule has 0 bridgehead atoms. The van der Waals surface area contributed by atoms with Crippen LogP contribution in [0.15, 0.2) is 48.5 Å². The molecule has 0 spiro atoms. The Morgan fingerprint density at radius 1 is 1.21 bits per heavy atom. The van der Waals surface area contributed by atoms with Crippen LogP contribution < -0.4 is 10.1 Å². The zero-order chi connectivity index (χ0) is 21.0. The number of carbonyl (C=O) groups is 2. The summed E-state index contributed by atoms with van der Waals surface area (Å²) in [5.41, 5.74) is 0.830. The van der Waals surface area contributed by atoms with E-state index < -0.39 is 17.8 Å². The van der Waals surface area contributed by atoms with Gasteiger partial charge in [-0.25, -0.2) is 4.39 Å². The van der Waals surface area contributed by atoms with Crippen LogP contribution in [0.25, 0.3) is 0 Å². The van der Waals surface area contributed by atoms with Crippen LogP contribution >= 0.6 is 0 Å². The minimum Gasteiger partial charge on any atom is -0.491 e. The molecule has 2 amide bonds. The Kier molecular flexibility index (Phi) is 6.49. The largest absolute Gasteiger partial charge is 0.491 e. The molecule has 154 valence electrons. The molecule has 2 atom stereocenters. The summed E-state index contributed by atoms with van der Waals surface area (Å²) in [6.45, 7) is 2.97. The van der Waals surface area contributed by atoms with Crippen LogP contribution in [0.4, 0.5) is 4.39 Å². The molecule has 0 fully saturated rings. The third-order valence-electron chi connectivity index (χ3n) is 4.88. The molecule has 2 aromatic carbocycles. The van der Waals surface area contributed by atoms with Crippen molar-refractivity contribution in [2.75, 3.05) is 27.2 Å². The molecule has 3 rings (SSSR count). The Morgan fingerprint density at radius 3 is 2.62 bits per heavy atom. The third-order valence-corrected chi connectivity index (χ3v) is 4.88. The molecule has 1 aliphatic heterocycles. The van der Waals surface area contributed by atoms with Gasteiger partial charge in [0.1, 0.15) is 24.2 Å². The molecule has 1 N–H and O–H groups in total. The lowest BCUT2D eigenvalue weighted by Gasteiger charge is -2.33. The highest BCUT2D eigenvalue weighted by Gasteiger charge is 2.32. The quantitative estimate of drug-likeness (QED) is 0.838. The Hall–Kier alpha value is -2.93. The molecule has 6 nitrogen and oxygen atoms in total. The van der Waals surface area contributed by atoms with Gasteiger partial charge in [-0.15, -0.1) is 0 Å². The zero-order valence-corrected chi connectivity index (χ0v) is 16.9. The minimum atomic E-state index is -0.808. The lowest BCUT2D eigenvalue weighted by Crippen LogP contribution is -2.53. The van der Waals surface area contributed by atoms with Gasteiger partial charge in [0.05, 0.1) is 11.6 Å². The average Bonchev–Trinajstić information content (AvgIpc) is 2.87. The first-order chi connectivity index (χ1) is 13.9. The number of carbonyl (C=O) groups excluding carboxylic acids is 2. The summed E-state index contributed by atoms with van der Waals surface area (Å²) in [7, 11) is 3.87. The number of benzene rings is 2. The Morgan fingerprint density at radius 2 is 1.90 bits per heavy atom. The SMILES string of the molecule is CC(NC(=O)c1ccccc1F)C(=O)N1Cc2ccccc2OCC1CN(C)C. The fourth-order valence-electron chi connectivity index (χ4n) is 3.42. The Balaban J connectivity index is 1.79. The van der Waals surface area contributed by atoms with Gasteiger partial charge in [0.25, 0.3) is 5.91 Å². The van der Waals surface area contributed by atoms with Gasteiger partial charge in [0.2, 0.25) is 5.91 Å². The minimum absolute atomic E-state index is 0.0819. The van der Waals surface area contributed by atoms with Crippen LogP contribution in [-0.2, 0) is 11.3 Å². The van der Waals surface area contributed by atoms with Crippen LogP contribution in [0.1, 0.15) is 22.8 Å². The second-order valence-corrected chi connectivity index (χ2v) is 7.48. The molecule has 0 aliphatic carbocycles. The van der Waals surface area contributed by atoms with E-state index in [2.05, 4.69) is 5.32 Å². The maximum Gasteiger partial charge on any atom is 0.254 e. The molecule has 7 heteroatoms. The van der Waals surface area contributed by atoms with Crippen LogP contribution in [0.3, 0.4) is 0 Å². The van der Waals surface area contributed by atoms with Crippen molar-refractivity contribution in [1.82, 2.24) is 15.1 Å². The first-order valence-corrected chi connectivity index (χ1v) is 9.58. The van der Waals surface area contributed by atoms with E-state index in [1.165, 1.54) is 18.2 Å². The highest BCUT2D eigenvalue weighted by Crippen LogP contribution is 2.25. The summed E-state index contributed by atoms with van der Waals surface area (Å²) in [6.07, 6.45) is 0. The zero-order valence-electron chi connectivity index (χ0n) is 16.9. The number of nitrogens with zero attached hydrogens (tertiary/aromatic N) is 2. The van der Waals surface area contributed by atoms with Crippen molar-refractivity contribution >= 4 is 11.8 Å². The van der Waals surface area contributed by atoms with Crippen molar-refractivity contribution in [2.24, 2.45) is 0 Å². The smallest absolute Gasteiger partial charge is 0.254 e. The van der Waals surface area contributed by atoms with Gasteiger partial charge in [-0.1, -0.05) is 30.3 Å². The van der Waals surface area contributed by atoms with Crippen molar-refractivity contribution in [3.8, 4) is 5.75 Å². The second kappa shape index (κ2) is 9.05. The number of amides is 2. The normalized spacial score (nSPS) is 17.1. The summed E-state index contributed by atoms with van der Waals surface area (Å²) >= 11 is 0. The fourth-order valence-corrected chi connectivity index (χ4v) is 3.42. The van der Waals surface area contributed by atoms with Crippen molar-refractivity contribution in [1.29, 1.82) is 0 Å². The molecule has 2 aromatic rings. The number of hydrogen-bond acceptors (Lipinski definition) is 4. The number of likely N-dealkylation sites (N-methyl/N-ethyl adjacent to an activating group) is 1. The predicted octanol–water partition coefficient (Wildman–Crippen LogP) is 2.30. The average molecular weight is 399 g/mol. The summed E-state index contributed by atoms with van der Waals surface area (Å²) in [6, 6.07) is 12.3. The molecule has 1 heterocycles. The number of nitrogens with one attached hydrogen (secondary N) is 1. The molecule has 0 radical (unpaired) electrons. The van der Waals surface area contributed by atoms with E-state index in [1.54, 1.807) is 17.9 Å². The molecule has 0 saturated carbocycles. The first kappa shape index (κ1) is 20.8. The summed E-state index contributed by atoms with van der Waals surface area (Å²) in [5, 5.41) is 2.63. The van der Waals surface area contributed by atoms with E-state index in [4.69, 9.17) is 4.74 Å². The van der Waals surface area contributed by atoms with Gasteiger partial charge >= 0.3 is 0 Å². The fraction of sp³-hybridized carbons (Fsp3) is 0.364. The van der Waals surface area contributed by atoms with E-state index in [0.29, 0.717) is 19.7 Å². The van der Waals surface area contributed by atoms with Gasteiger partial charge < -0.3 is 19.9 Å². The number of rotatable bonds is 5. The van der Waals surface area contributed by atoms with Crippen molar-refractivity contribution in [2.45, 2.75) is 25.6 Å². The Bertz CT molecular complexity index is 887. The molecule has 1 aliphatic rings. The molecule has 2 unspecified atom stereocenters. The summed E-state index contributed by atoms with van der Waals surface area (Å²) < 4.78 is 19.8. The molecular formula is C22H26FN3O3. The van der Waals surface area contributed by atoms with Gasteiger partial charge in [0, 0.05) is 18.7 Å². The molecule has 29 heavy (non-hydrogen) atoms. The van der Waals surface area contributed by atoms with Gasteiger partial charge in [-0.3, -0.25) is 9.59 Å². The van der Waals surface area contributed by atoms with Crippen molar-refractivity contribution < 1.29 is 18.7 Å². The third kappa shape index (κ3) is 4.92. The van der Waals surface area contributed by atoms with E-state index in [0.717, 1.165) is 11.3 Å². The summed E-state index contributed by atoms with van der Waals surface area (Å²) in [4.78, 5) is 29.4. The lowest BCUT2D eigenvalue weighted by molar-refractivity contribution is -0.136. The van der Waals surface area contributed by atoms with E-state index >= 15 is 0 Å². The maximum absolute atomic E-state index is 13.9. The van der Waals surface area contributed by atoms with Crippen LogP contribution in [0.2, 0.25) is 0 Å². The van der Waals surface area contributed by atoms with Crippen LogP contribution in [-0.4, -0.2) is 60.9 Å². The topological polar surface area (TPSA) is 61.9 Å². The highest BCUT2D eigenvalue weighted by atomic mass is 19.1. The molecule has 0 aromatic heterocycles. The number of ether oxygens (including phenoxy) is 1. The van der Waals surface area contributed by atoms with Crippen molar-refractivity contribution in [3.63, 3.8) is 0 Å². The second-order valence-electron chi connectivity index (χ2n) is 7.48. The van der Waals surface area contributed by atoms with Gasteiger partial charge in [0.15, 0.2) is 0 Å². The van der Waals surface area contributed by atoms with Gasteiger partial charge in [-0.05, 0) is 39.2 Å². The van der Waals surface area contributed by atoms with E-state index in [-0.39, 0.29) is 17.5 Å². The highest BCUT2D eigenvalue weighted by molar-refractivity contribution is 5.97. The number of fused-ring (bicyclic) bond motifs is 1. The van der Waals surface area contributed by atoms with Crippen LogP contribution in [0, 0.1) is 5.82 Å². The van der Waals surface area contributed by atoms with E-state index in [9.17, 15) is 14.0 Å². The number of para-hydroxylation sites is 1. The maximum atomic E-state index is 13.9. The summed E-state index contributed by atoms with van der Waals surface area (Å²) in [5.74, 6) is -0.705. The van der Waals surface area contributed by atoms with Gasteiger partial charge in [-0.2, -0.15) is 0 Å². The molecule has 0 saturated heterocycles. The monoisotopic (exact) mass is 399 g/mol. The first-order valence-electron chi connectivity index (χ1n) is 9.58. The predicted molar refractivity (Wildman–Crippen MR) is 108 cm³/mol. The lowest BCUT2D eigenvalue weighted by atomic mass is 10.1. The van der Waals surface area contributed by atoms with E-state index in [1.807, 2.05) is 43.3 Å². The number of halogens is 1. The number of hydrogen-bond donors (Lipinski definition) is 1. The standard InChI is InChI=1S/C22H26FN3O3/c1-15(24-21(27)18-9-5-6-10-19(18)23)22(28)26-12-16-8-4-7-11-20(16)29-14-17(26)13-25(2)3/h4-11,15,17H,12-14H2,1-3H3,(H,24,27). The van der Waals surface area contributed by atoms with Crippen LogP contribution in [0.5, 0.6) is 5.75 Å². The van der Waals surface area contributed by atoms with Crippen molar-refractivity contribution in [3.05, 3.63) is 65.5 Å². The molecular weight excluding hydrogens is 373 g/mol. The Labute approximate surface area is 170 Å².